The molecule has 1 N–H and O–H groups in total. The van der Waals surface area contributed by atoms with E-state index in [4.69, 9.17) is 4.52 Å². The van der Waals surface area contributed by atoms with Crippen molar-refractivity contribution in [2.75, 3.05) is 13.1 Å². The highest BCUT2D eigenvalue weighted by Gasteiger charge is 2.18. The number of hydrogen-bond acceptors (Lipinski definition) is 4. The summed E-state index contributed by atoms with van der Waals surface area (Å²) < 4.78 is 4.99. The maximum absolute atomic E-state index is 9.48. The highest BCUT2D eigenvalue weighted by molar-refractivity contribution is 5.03. The molecule has 0 spiro atoms. The van der Waals surface area contributed by atoms with Crippen LogP contribution in [0.4, 0.5) is 0 Å². The molecule has 0 bridgehead atoms. The Bertz CT molecular complexity index is 298. The molecule has 1 aliphatic heterocycles. The molecule has 0 radical (unpaired) electrons. The van der Waals surface area contributed by atoms with Crippen LogP contribution in [0.15, 0.2) is 10.6 Å². The molecule has 1 aliphatic rings. The van der Waals surface area contributed by atoms with Crippen molar-refractivity contribution >= 4 is 0 Å². The number of rotatable bonds is 2. The van der Waals surface area contributed by atoms with Crippen LogP contribution in [0.2, 0.25) is 0 Å². The van der Waals surface area contributed by atoms with Crippen LogP contribution in [-0.4, -0.2) is 34.4 Å². The highest BCUT2D eigenvalue weighted by atomic mass is 16.5. The fourth-order valence-corrected chi connectivity index (χ4v) is 1.90. The SMILES string of the molecule is Cc1cc(CN2CCCC(O)C2)no1. The number of aliphatic hydroxyl groups is 1. The Kier molecular flexibility index (Phi) is 2.84. The van der Waals surface area contributed by atoms with Crippen molar-refractivity contribution in [1.29, 1.82) is 0 Å². The average molecular weight is 196 g/mol. The van der Waals surface area contributed by atoms with Gasteiger partial charge in [-0.05, 0) is 26.3 Å². The Hall–Kier alpha value is -0.870. The zero-order valence-electron chi connectivity index (χ0n) is 8.44. The van der Waals surface area contributed by atoms with E-state index >= 15 is 0 Å². The van der Waals surface area contributed by atoms with Gasteiger partial charge in [-0.15, -0.1) is 0 Å². The van der Waals surface area contributed by atoms with Crippen molar-refractivity contribution in [2.45, 2.75) is 32.4 Å². The summed E-state index contributed by atoms with van der Waals surface area (Å²) in [4.78, 5) is 2.21. The molecule has 1 aromatic rings. The summed E-state index contributed by atoms with van der Waals surface area (Å²) in [7, 11) is 0. The van der Waals surface area contributed by atoms with Crippen LogP contribution in [0.25, 0.3) is 0 Å². The lowest BCUT2D eigenvalue weighted by Crippen LogP contribution is -2.37. The van der Waals surface area contributed by atoms with Gasteiger partial charge < -0.3 is 9.63 Å². The van der Waals surface area contributed by atoms with Crippen molar-refractivity contribution in [2.24, 2.45) is 0 Å². The summed E-state index contributed by atoms with van der Waals surface area (Å²) in [6, 6.07) is 1.95. The topological polar surface area (TPSA) is 49.5 Å². The van der Waals surface area contributed by atoms with Gasteiger partial charge in [-0.3, -0.25) is 4.90 Å². The first-order valence-corrected chi connectivity index (χ1v) is 5.06. The van der Waals surface area contributed by atoms with Gasteiger partial charge in [0, 0.05) is 19.2 Å². The number of piperidine rings is 1. The maximum Gasteiger partial charge on any atom is 0.133 e. The molecule has 0 saturated carbocycles. The Labute approximate surface area is 83.5 Å². The second-order valence-corrected chi connectivity index (χ2v) is 3.96. The smallest absolute Gasteiger partial charge is 0.133 e. The Balaban J connectivity index is 1.90. The molecule has 1 unspecified atom stereocenters. The van der Waals surface area contributed by atoms with Crippen LogP contribution in [-0.2, 0) is 6.54 Å². The molecule has 78 valence electrons. The molecule has 4 nitrogen and oxygen atoms in total. The van der Waals surface area contributed by atoms with Gasteiger partial charge in [-0.1, -0.05) is 5.16 Å². The van der Waals surface area contributed by atoms with Gasteiger partial charge in [-0.2, -0.15) is 0 Å². The van der Waals surface area contributed by atoms with Crippen LogP contribution in [0.3, 0.4) is 0 Å². The lowest BCUT2D eigenvalue weighted by molar-refractivity contribution is 0.0656. The zero-order valence-corrected chi connectivity index (χ0v) is 8.44. The summed E-state index contributed by atoms with van der Waals surface area (Å²) in [6.45, 7) is 4.48. The maximum atomic E-state index is 9.48. The number of hydrogen-bond donors (Lipinski definition) is 1. The Morgan fingerprint density at radius 1 is 1.71 bits per heavy atom. The molecular formula is C10H16N2O2. The molecular weight excluding hydrogens is 180 g/mol. The summed E-state index contributed by atoms with van der Waals surface area (Å²) in [5, 5.41) is 13.4. The second-order valence-electron chi connectivity index (χ2n) is 3.96. The third-order valence-corrected chi connectivity index (χ3v) is 2.54. The molecule has 1 atom stereocenters. The largest absolute Gasteiger partial charge is 0.392 e. The molecule has 0 aromatic carbocycles. The van der Waals surface area contributed by atoms with Crippen molar-refractivity contribution in [3.05, 3.63) is 17.5 Å². The lowest BCUT2D eigenvalue weighted by atomic mass is 10.1. The number of likely N-dealkylation sites (tertiary alicyclic amines) is 1. The highest BCUT2D eigenvalue weighted by Crippen LogP contribution is 2.13. The number of aliphatic hydroxyl groups excluding tert-OH is 1. The van der Waals surface area contributed by atoms with Crippen molar-refractivity contribution in [1.82, 2.24) is 10.1 Å². The number of nitrogens with zero attached hydrogens (tertiary/aromatic N) is 2. The van der Waals surface area contributed by atoms with Crippen LogP contribution in [0.5, 0.6) is 0 Å². The first-order valence-electron chi connectivity index (χ1n) is 5.06. The number of aromatic nitrogens is 1. The molecule has 1 saturated heterocycles. The first-order chi connectivity index (χ1) is 6.74. The van der Waals surface area contributed by atoms with Gasteiger partial charge >= 0.3 is 0 Å². The minimum atomic E-state index is -0.170. The van der Waals surface area contributed by atoms with E-state index in [1.54, 1.807) is 0 Å². The normalized spacial score (nSPS) is 24.0. The van der Waals surface area contributed by atoms with Crippen LogP contribution < -0.4 is 0 Å². The molecule has 14 heavy (non-hydrogen) atoms. The van der Waals surface area contributed by atoms with E-state index in [0.717, 1.165) is 43.9 Å². The van der Waals surface area contributed by atoms with Gasteiger partial charge in [0.05, 0.1) is 11.8 Å². The molecule has 1 aromatic heterocycles. The minimum Gasteiger partial charge on any atom is -0.392 e. The Morgan fingerprint density at radius 3 is 3.21 bits per heavy atom. The average Bonchev–Trinajstić information content (AvgIpc) is 2.51. The van der Waals surface area contributed by atoms with Crippen LogP contribution in [0.1, 0.15) is 24.3 Å². The monoisotopic (exact) mass is 196 g/mol. The second kappa shape index (κ2) is 4.11. The summed E-state index contributed by atoms with van der Waals surface area (Å²) in [5.41, 5.74) is 0.955. The molecule has 2 heterocycles. The predicted octanol–water partition coefficient (Wildman–Crippen LogP) is 0.940. The molecule has 4 heteroatoms. The van der Waals surface area contributed by atoms with Gasteiger partial charge in [0.2, 0.25) is 0 Å². The summed E-state index contributed by atoms with van der Waals surface area (Å²) in [6.07, 6.45) is 1.82. The zero-order chi connectivity index (χ0) is 9.97. The number of β-amino-alcohol motifs (C(OH)–C–C–N with tert-alkyl or cyclic N) is 1. The van der Waals surface area contributed by atoms with E-state index in [9.17, 15) is 5.11 Å². The van der Waals surface area contributed by atoms with E-state index in [0.29, 0.717) is 0 Å². The molecule has 2 rings (SSSR count). The van der Waals surface area contributed by atoms with Crippen molar-refractivity contribution in [3.8, 4) is 0 Å². The van der Waals surface area contributed by atoms with Crippen LogP contribution >= 0.6 is 0 Å². The fourth-order valence-electron chi connectivity index (χ4n) is 1.90. The summed E-state index contributed by atoms with van der Waals surface area (Å²) >= 11 is 0. The van der Waals surface area contributed by atoms with Crippen molar-refractivity contribution < 1.29 is 9.63 Å². The third kappa shape index (κ3) is 2.33. The molecule has 1 fully saturated rings. The standard InChI is InChI=1S/C10H16N2O2/c1-8-5-9(11-14-8)6-12-4-2-3-10(13)7-12/h5,10,13H,2-4,6-7H2,1H3. The van der Waals surface area contributed by atoms with E-state index in [-0.39, 0.29) is 6.10 Å². The predicted molar refractivity (Wildman–Crippen MR) is 51.8 cm³/mol. The first kappa shape index (κ1) is 9.68. The quantitative estimate of drug-likeness (QED) is 0.764. The molecule has 0 amide bonds. The lowest BCUT2D eigenvalue weighted by Gasteiger charge is -2.28. The van der Waals surface area contributed by atoms with Crippen LogP contribution in [0, 0.1) is 6.92 Å². The third-order valence-electron chi connectivity index (χ3n) is 2.54. The van der Waals surface area contributed by atoms with E-state index in [1.165, 1.54) is 0 Å². The van der Waals surface area contributed by atoms with E-state index < -0.39 is 0 Å². The van der Waals surface area contributed by atoms with Gasteiger partial charge in [0.15, 0.2) is 0 Å². The molecule has 0 aliphatic carbocycles. The number of aryl methyl sites for hydroxylation is 1. The minimum absolute atomic E-state index is 0.170. The summed E-state index contributed by atoms with van der Waals surface area (Å²) in [5.74, 6) is 0.845. The fraction of sp³-hybridized carbons (Fsp3) is 0.700. The van der Waals surface area contributed by atoms with Crippen molar-refractivity contribution in [3.63, 3.8) is 0 Å². The Morgan fingerprint density at radius 2 is 2.57 bits per heavy atom. The van der Waals surface area contributed by atoms with E-state index in [2.05, 4.69) is 10.1 Å². The van der Waals surface area contributed by atoms with Gasteiger partial charge in [0.25, 0.3) is 0 Å². The van der Waals surface area contributed by atoms with E-state index in [1.807, 2.05) is 13.0 Å². The van der Waals surface area contributed by atoms with Gasteiger partial charge in [-0.25, -0.2) is 0 Å². The van der Waals surface area contributed by atoms with Gasteiger partial charge in [0.1, 0.15) is 5.76 Å².